The van der Waals surface area contributed by atoms with Crippen molar-refractivity contribution in [2.45, 2.75) is 44.6 Å². The Morgan fingerprint density at radius 1 is 1.21 bits per heavy atom. The SMILES string of the molecule is Cn1c(-c2cc3cccnc3n2CC2CC2)nc2cc(C(=O)N3C[C@@H](N)C[C@H](F)C3)cc(OC(F)F)c21.S.S. The molecule has 3 aromatic heterocycles. The molecule has 4 aromatic rings. The Hall–Kier alpha value is -2.90. The lowest BCUT2D eigenvalue weighted by Crippen LogP contribution is -2.50. The van der Waals surface area contributed by atoms with Gasteiger partial charge >= 0.3 is 6.61 Å². The topological polar surface area (TPSA) is 91.2 Å². The molecule has 0 bridgehead atoms. The van der Waals surface area contributed by atoms with Crippen LogP contribution in [0.25, 0.3) is 33.6 Å². The number of rotatable bonds is 6. The minimum atomic E-state index is -3.10. The number of aryl methyl sites for hydroxylation is 1. The number of carbonyl (C=O) groups excluding carboxylic acids is 1. The molecule has 0 unspecified atom stereocenters. The van der Waals surface area contributed by atoms with Crippen LogP contribution in [-0.4, -0.2) is 61.8 Å². The molecule has 1 aromatic carbocycles. The maximum Gasteiger partial charge on any atom is 0.387 e. The van der Waals surface area contributed by atoms with Crippen LogP contribution >= 0.6 is 27.0 Å². The zero-order valence-corrected chi connectivity index (χ0v) is 23.3. The van der Waals surface area contributed by atoms with Gasteiger partial charge in [0.1, 0.15) is 17.3 Å². The predicted molar refractivity (Wildman–Crippen MR) is 153 cm³/mol. The number of piperidine rings is 1. The fourth-order valence-corrected chi connectivity index (χ4v) is 5.29. The first-order valence-corrected chi connectivity index (χ1v) is 12.4. The molecular weight excluding hydrogens is 549 g/mol. The van der Waals surface area contributed by atoms with Gasteiger partial charge in [-0.2, -0.15) is 35.8 Å². The van der Waals surface area contributed by atoms with Crippen molar-refractivity contribution in [1.29, 1.82) is 0 Å². The summed E-state index contributed by atoms with van der Waals surface area (Å²) < 4.78 is 49.6. The number of nitrogens with two attached hydrogens (primary N) is 1. The number of alkyl halides is 3. The monoisotopic (exact) mass is 580 g/mol. The first-order valence-electron chi connectivity index (χ1n) is 12.4. The van der Waals surface area contributed by atoms with Gasteiger partial charge in [0.05, 0.1) is 17.8 Å². The second-order valence-electron chi connectivity index (χ2n) is 10.0. The number of amides is 1. The van der Waals surface area contributed by atoms with E-state index < -0.39 is 24.7 Å². The highest BCUT2D eigenvalue weighted by Crippen LogP contribution is 2.38. The van der Waals surface area contributed by atoms with Gasteiger partial charge in [-0.15, -0.1) is 0 Å². The molecule has 1 amide bonds. The maximum absolute atomic E-state index is 14.1. The van der Waals surface area contributed by atoms with Crippen LogP contribution in [0.15, 0.2) is 36.5 Å². The van der Waals surface area contributed by atoms with E-state index in [2.05, 4.69) is 9.55 Å². The summed E-state index contributed by atoms with van der Waals surface area (Å²) in [5.74, 6) is 0.431. The number of aromatic nitrogens is 4. The number of likely N-dealkylation sites (tertiary alicyclic amines) is 1. The van der Waals surface area contributed by atoms with Gasteiger partial charge in [0.2, 0.25) is 0 Å². The lowest BCUT2D eigenvalue weighted by Gasteiger charge is -2.33. The Kier molecular flexibility index (Phi) is 8.43. The second-order valence-corrected chi connectivity index (χ2v) is 10.0. The van der Waals surface area contributed by atoms with Gasteiger partial charge < -0.3 is 24.5 Å². The van der Waals surface area contributed by atoms with Crippen LogP contribution in [-0.2, 0) is 13.6 Å². The van der Waals surface area contributed by atoms with E-state index in [0.717, 1.165) is 36.1 Å². The number of imidazole rings is 1. The molecule has 0 spiro atoms. The predicted octanol–water partition coefficient (Wildman–Crippen LogP) is 4.34. The molecule has 1 aliphatic heterocycles. The standard InChI is InChI=1S/C26H27F3N6O2.2H2S/c1-33-22-19(32-24(33)20-8-15-3-2-6-31-23(15)35(20)11-14-4-5-14)7-16(9-21(22)37-26(28)29)25(36)34-12-17(27)10-18(30)13-34;;/h2-3,6-9,14,17-18,26H,4-5,10-13,30H2,1H3;2*1H2/t17-,18-;;/m0../s1. The molecule has 1 saturated heterocycles. The Morgan fingerprint density at radius 3 is 2.67 bits per heavy atom. The average Bonchev–Trinajstić information content (AvgIpc) is 3.51. The van der Waals surface area contributed by atoms with E-state index in [1.807, 2.05) is 18.2 Å². The van der Waals surface area contributed by atoms with Crippen molar-refractivity contribution in [2.24, 2.45) is 18.7 Å². The molecule has 2 N–H and O–H groups in total. The van der Waals surface area contributed by atoms with Crippen LogP contribution in [0.2, 0.25) is 0 Å². The number of hydrogen-bond acceptors (Lipinski definition) is 5. The highest BCUT2D eigenvalue weighted by atomic mass is 32.1. The number of ether oxygens (including phenoxy) is 1. The third-order valence-electron chi connectivity index (χ3n) is 7.14. The normalized spacial score (nSPS) is 19.3. The Morgan fingerprint density at radius 2 is 1.97 bits per heavy atom. The number of nitrogens with zero attached hydrogens (tertiary/aromatic N) is 5. The number of hydrogen-bond donors (Lipinski definition) is 1. The molecule has 4 heterocycles. The number of fused-ring (bicyclic) bond motifs is 2. The van der Waals surface area contributed by atoms with E-state index >= 15 is 0 Å². The van der Waals surface area contributed by atoms with Crippen molar-refractivity contribution in [3.63, 3.8) is 0 Å². The highest BCUT2D eigenvalue weighted by molar-refractivity contribution is 7.59. The average molecular weight is 581 g/mol. The van der Waals surface area contributed by atoms with Gasteiger partial charge in [-0.1, -0.05) is 0 Å². The number of halogens is 3. The third kappa shape index (κ3) is 5.57. The fourth-order valence-electron chi connectivity index (χ4n) is 5.29. The molecule has 13 heteroatoms. The van der Waals surface area contributed by atoms with E-state index in [1.165, 1.54) is 11.0 Å². The molecule has 1 saturated carbocycles. The molecule has 210 valence electrons. The minimum absolute atomic E-state index is 0. The van der Waals surface area contributed by atoms with Gasteiger partial charge in [0, 0.05) is 43.3 Å². The summed E-state index contributed by atoms with van der Waals surface area (Å²) in [4.78, 5) is 23.9. The molecule has 1 aliphatic carbocycles. The molecule has 6 rings (SSSR count). The van der Waals surface area contributed by atoms with Crippen LogP contribution in [0.1, 0.15) is 29.6 Å². The van der Waals surface area contributed by atoms with E-state index in [1.54, 1.807) is 23.9 Å². The zero-order chi connectivity index (χ0) is 25.8. The molecule has 2 fully saturated rings. The van der Waals surface area contributed by atoms with E-state index in [-0.39, 0.29) is 57.8 Å². The number of benzene rings is 1. The summed E-state index contributed by atoms with van der Waals surface area (Å²) in [6, 6.07) is 8.15. The van der Waals surface area contributed by atoms with Gasteiger partial charge in [-0.3, -0.25) is 4.79 Å². The molecular formula is C26H31F3N6O2S2. The number of pyridine rings is 1. The molecule has 0 radical (unpaired) electrons. The lowest BCUT2D eigenvalue weighted by molar-refractivity contribution is -0.0490. The number of carbonyl (C=O) groups is 1. The largest absolute Gasteiger partial charge is 0.432 e. The van der Waals surface area contributed by atoms with Crippen LogP contribution < -0.4 is 10.5 Å². The van der Waals surface area contributed by atoms with Crippen LogP contribution in [0.4, 0.5) is 13.2 Å². The van der Waals surface area contributed by atoms with Crippen molar-refractivity contribution < 1.29 is 22.7 Å². The third-order valence-corrected chi connectivity index (χ3v) is 7.14. The second kappa shape index (κ2) is 11.3. The summed E-state index contributed by atoms with van der Waals surface area (Å²) in [5, 5.41) is 0.951. The minimum Gasteiger partial charge on any atom is -0.432 e. The van der Waals surface area contributed by atoms with Crippen molar-refractivity contribution in [2.75, 3.05) is 13.1 Å². The zero-order valence-electron chi connectivity index (χ0n) is 21.3. The van der Waals surface area contributed by atoms with E-state index in [9.17, 15) is 18.0 Å². The van der Waals surface area contributed by atoms with Crippen molar-refractivity contribution >= 4 is 55.0 Å². The molecule has 2 aliphatic rings. The smallest absolute Gasteiger partial charge is 0.387 e. The summed E-state index contributed by atoms with van der Waals surface area (Å²) >= 11 is 0. The Balaban J connectivity index is 0.00000176. The van der Waals surface area contributed by atoms with Gasteiger partial charge in [-0.25, -0.2) is 14.4 Å². The first kappa shape index (κ1) is 29.1. The van der Waals surface area contributed by atoms with Crippen molar-refractivity contribution in [3.8, 4) is 17.3 Å². The quantitative estimate of drug-likeness (QED) is 0.367. The molecule has 39 heavy (non-hydrogen) atoms. The van der Waals surface area contributed by atoms with Crippen LogP contribution in [0.5, 0.6) is 5.75 Å². The van der Waals surface area contributed by atoms with Gasteiger partial charge in [-0.05, 0) is 55.5 Å². The van der Waals surface area contributed by atoms with E-state index in [0.29, 0.717) is 22.8 Å². The van der Waals surface area contributed by atoms with E-state index in [4.69, 9.17) is 15.5 Å². The van der Waals surface area contributed by atoms with Gasteiger partial charge in [0.25, 0.3) is 5.91 Å². The lowest BCUT2D eigenvalue weighted by atomic mass is 10.0. The van der Waals surface area contributed by atoms with Crippen molar-refractivity contribution in [1.82, 2.24) is 24.0 Å². The summed E-state index contributed by atoms with van der Waals surface area (Å²) in [6.07, 6.45) is 2.97. The molecule has 2 atom stereocenters. The van der Waals surface area contributed by atoms with Gasteiger partial charge in [0.15, 0.2) is 11.6 Å². The summed E-state index contributed by atoms with van der Waals surface area (Å²) in [6.45, 7) is -2.24. The summed E-state index contributed by atoms with van der Waals surface area (Å²) in [7, 11) is 1.73. The molecule has 8 nitrogen and oxygen atoms in total. The van der Waals surface area contributed by atoms with Crippen LogP contribution in [0, 0.1) is 5.92 Å². The van der Waals surface area contributed by atoms with Crippen LogP contribution in [0.3, 0.4) is 0 Å². The highest BCUT2D eigenvalue weighted by Gasteiger charge is 2.31. The van der Waals surface area contributed by atoms with Crippen molar-refractivity contribution in [3.05, 3.63) is 42.1 Å². The Labute approximate surface area is 237 Å². The summed E-state index contributed by atoms with van der Waals surface area (Å²) in [5.41, 5.74) is 8.30. The maximum atomic E-state index is 14.1. The Bertz CT molecular complexity index is 1500. The fraction of sp³-hybridized carbons (Fsp3) is 0.423. The first-order chi connectivity index (χ1) is 17.8.